The maximum absolute atomic E-state index is 11.3. The number of aliphatic carboxylic acids is 2. The Morgan fingerprint density at radius 1 is 0.700 bits per heavy atom. The molecule has 2 fully saturated rings. The summed E-state index contributed by atoms with van der Waals surface area (Å²) in [6, 6.07) is 1.15. The number of aromatic hydroxyl groups is 3. The first-order valence-corrected chi connectivity index (χ1v) is 10.9. The van der Waals surface area contributed by atoms with Crippen molar-refractivity contribution in [1.29, 1.82) is 0 Å². The summed E-state index contributed by atoms with van der Waals surface area (Å²) < 4.78 is 0. The van der Waals surface area contributed by atoms with E-state index in [0.29, 0.717) is 49.7 Å². The van der Waals surface area contributed by atoms with Crippen molar-refractivity contribution in [1.82, 2.24) is 0 Å². The molecule has 0 atom stereocenters. The minimum Gasteiger partial charge on any atom is -0.508 e. The van der Waals surface area contributed by atoms with E-state index in [-0.39, 0.29) is 17.2 Å². The van der Waals surface area contributed by atoms with Gasteiger partial charge in [-0.2, -0.15) is 0 Å². The van der Waals surface area contributed by atoms with Crippen LogP contribution in [-0.4, -0.2) is 37.5 Å². The lowest BCUT2D eigenvalue weighted by Crippen LogP contribution is -2.14. The molecule has 2 saturated carbocycles. The van der Waals surface area contributed by atoms with Crippen LogP contribution >= 0.6 is 0 Å². The largest absolute Gasteiger partial charge is 0.508 e. The zero-order valence-corrected chi connectivity index (χ0v) is 17.3. The second-order valence-corrected chi connectivity index (χ2v) is 9.16. The van der Waals surface area contributed by atoms with Gasteiger partial charge in [-0.15, -0.1) is 0 Å². The molecule has 7 heteroatoms. The third-order valence-electron chi connectivity index (χ3n) is 7.00. The van der Waals surface area contributed by atoms with Gasteiger partial charge in [-0.25, -0.2) is 0 Å². The van der Waals surface area contributed by atoms with Gasteiger partial charge in [0.25, 0.3) is 0 Å². The standard InChI is InChI=1S/C23H32O7/c24-17-14-18(25)19(26)16(7-3-5-9-23(12-13-23)21(29)30)15(17)6-2-1-4-8-22(10-11-22)20(27)28/h14,24-26H,1-13H2,(H,27,28)(H,29,30). The van der Waals surface area contributed by atoms with Crippen LogP contribution in [0, 0.1) is 10.8 Å². The Morgan fingerprint density at radius 3 is 1.67 bits per heavy atom. The van der Waals surface area contributed by atoms with Gasteiger partial charge < -0.3 is 25.5 Å². The molecule has 0 amide bonds. The summed E-state index contributed by atoms with van der Waals surface area (Å²) in [4.78, 5) is 22.5. The first-order chi connectivity index (χ1) is 14.2. The quantitative estimate of drug-likeness (QED) is 0.182. The average molecular weight is 421 g/mol. The molecule has 5 N–H and O–H groups in total. The van der Waals surface area contributed by atoms with Crippen LogP contribution in [-0.2, 0) is 22.4 Å². The van der Waals surface area contributed by atoms with Crippen LogP contribution < -0.4 is 0 Å². The van der Waals surface area contributed by atoms with Gasteiger partial charge in [0.15, 0.2) is 11.5 Å². The number of carboxylic acids is 2. The average Bonchev–Trinajstić information content (AvgIpc) is 3.59. The maximum Gasteiger partial charge on any atom is 0.309 e. The number of hydrogen-bond acceptors (Lipinski definition) is 5. The molecule has 2 aliphatic carbocycles. The van der Waals surface area contributed by atoms with Gasteiger partial charge in [-0.05, 0) is 64.2 Å². The molecule has 1 aromatic rings. The van der Waals surface area contributed by atoms with Crippen molar-refractivity contribution in [3.05, 3.63) is 17.2 Å². The Labute approximate surface area is 176 Å². The van der Waals surface area contributed by atoms with E-state index >= 15 is 0 Å². The smallest absolute Gasteiger partial charge is 0.309 e. The van der Waals surface area contributed by atoms with Gasteiger partial charge in [-0.1, -0.05) is 19.3 Å². The summed E-state index contributed by atoms with van der Waals surface area (Å²) in [6.07, 6.45) is 8.98. The maximum atomic E-state index is 11.3. The highest BCUT2D eigenvalue weighted by atomic mass is 16.4. The minimum absolute atomic E-state index is 0.0475. The zero-order valence-electron chi connectivity index (χ0n) is 17.3. The predicted molar refractivity (Wildman–Crippen MR) is 110 cm³/mol. The van der Waals surface area contributed by atoms with E-state index in [1.54, 1.807) is 0 Å². The van der Waals surface area contributed by atoms with Crippen molar-refractivity contribution in [2.45, 2.75) is 83.5 Å². The molecule has 30 heavy (non-hydrogen) atoms. The molecule has 166 valence electrons. The van der Waals surface area contributed by atoms with Crippen molar-refractivity contribution in [2.75, 3.05) is 0 Å². The Bertz CT molecular complexity index is 806. The first kappa shape index (κ1) is 22.2. The lowest BCUT2D eigenvalue weighted by atomic mass is 9.92. The van der Waals surface area contributed by atoms with Crippen LogP contribution in [0.2, 0.25) is 0 Å². The van der Waals surface area contributed by atoms with Gasteiger partial charge in [0, 0.05) is 17.2 Å². The van der Waals surface area contributed by atoms with E-state index in [2.05, 4.69) is 0 Å². The van der Waals surface area contributed by atoms with Crippen molar-refractivity contribution in [2.24, 2.45) is 10.8 Å². The van der Waals surface area contributed by atoms with E-state index in [1.807, 2.05) is 0 Å². The molecule has 0 aliphatic heterocycles. The molecule has 0 spiro atoms. The van der Waals surface area contributed by atoms with Crippen molar-refractivity contribution in [3.63, 3.8) is 0 Å². The lowest BCUT2D eigenvalue weighted by Gasteiger charge is -2.16. The highest BCUT2D eigenvalue weighted by Crippen LogP contribution is 2.51. The molecular formula is C23H32O7. The van der Waals surface area contributed by atoms with Gasteiger partial charge in [0.1, 0.15) is 5.75 Å². The Morgan fingerprint density at radius 2 is 1.17 bits per heavy atom. The fourth-order valence-corrected chi connectivity index (χ4v) is 4.44. The summed E-state index contributed by atoms with van der Waals surface area (Å²) in [5.41, 5.74) is 0.0561. The molecule has 3 rings (SSSR count). The first-order valence-electron chi connectivity index (χ1n) is 10.9. The number of carboxylic acid groups (broad SMARTS) is 2. The monoisotopic (exact) mass is 420 g/mol. The van der Waals surface area contributed by atoms with E-state index in [9.17, 15) is 35.1 Å². The number of unbranched alkanes of at least 4 members (excludes halogenated alkanes) is 3. The fourth-order valence-electron chi connectivity index (χ4n) is 4.44. The second-order valence-electron chi connectivity index (χ2n) is 9.16. The molecule has 0 unspecified atom stereocenters. The summed E-state index contributed by atoms with van der Waals surface area (Å²) in [7, 11) is 0. The van der Waals surface area contributed by atoms with E-state index in [4.69, 9.17) is 0 Å². The molecule has 2 aliphatic rings. The van der Waals surface area contributed by atoms with Crippen LogP contribution in [0.4, 0.5) is 0 Å². The number of benzene rings is 1. The molecule has 0 aromatic heterocycles. The highest BCUT2D eigenvalue weighted by molar-refractivity contribution is 5.78. The molecular weight excluding hydrogens is 388 g/mol. The van der Waals surface area contributed by atoms with Crippen LogP contribution in [0.15, 0.2) is 6.07 Å². The molecule has 7 nitrogen and oxygen atoms in total. The fraction of sp³-hybridized carbons (Fsp3) is 0.652. The summed E-state index contributed by atoms with van der Waals surface area (Å²) >= 11 is 0. The molecule has 0 radical (unpaired) electrons. The number of hydrogen-bond donors (Lipinski definition) is 5. The number of phenolic OH excluding ortho intramolecular Hbond substituents is 3. The second kappa shape index (κ2) is 8.74. The highest BCUT2D eigenvalue weighted by Gasteiger charge is 2.49. The number of carbonyl (C=O) groups is 2. The van der Waals surface area contributed by atoms with E-state index < -0.39 is 22.8 Å². The molecule has 0 heterocycles. The van der Waals surface area contributed by atoms with Gasteiger partial charge in [-0.3, -0.25) is 9.59 Å². The van der Waals surface area contributed by atoms with Crippen molar-refractivity contribution >= 4 is 11.9 Å². The topological polar surface area (TPSA) is 135 Å². The Hall–Kier alpha value is -2.44. The van der Waals surface area contributed by atoms with Crippen LogP contribution in [0.25, 0.3) is 0 Å². The molecule has 0 saturated heterocycles. The Kier molecular flexibility index (Phi) is 6.48. The van der Waals surface area contributed by atoms with Crippen molar-refractivity contribution in [3.8, 4) is 17.2 Å². The van der Waals surface area contributed by atoms with Gasteiger partial charge in [0.05, 0.1) is 10.8 Å². The van der Waals surface area contributed by atoms with E-state index in [0.717, 1.165) is 51.0 Å². The molecule has 0 bridgehead atoms. The summed E-state index contributed by atoms with van der Waals surface area (Å²) in [6.45, 7) is 0. The lowest BCUT2D eigenvalue weighted by molar-refractivity contribution is -0.144. The molecule has 1 aromatic carbocycles. The van der Waals surface area contributed by atoms with E-state index in [1.165, 1.54) is 0 Å². The van der Waals surface area contributed by atoms with Gasteiger partial charge in [0.2, 0.25) is 0 Å². The minimum atomic E-state index is -0.739. The Balaban J connectivity index is 1.52. The predicted octanol–water partition coefficient (Wildman–Crippen LogP) is 4.35. The van der Waals surface area contributed by atoms with Crippen molar-refractivity contribution < 1.29 is 35.1 Å². The summed E-state index contributed by atoms with van der Waals surface area (Å²) in [5.74, 6) is -2.06. The zero-order chi connectivity index (χ0) is 21.9. The van der Waals surface area contributed by atoms with Gasteiger partial charge >= 0.3 is 11.9 Å². The number of rotatable bonds is 13. The summed E-state index contributed by atoms with van der Waals surface area (Å²) in [5, 5.41) is 49.0. The van der Waals surface area contributed by atoms with Crippen LogP contribution in [0.3, 0.4) is 0 Å². The number of phenols is 3. The SMILES string of the molecule is O=C(O)C1(CCCCCc2c(O)cc(O)c(O)c2CCCCC2(C(=O)O)CC2)CC1. The van der Waals surface area contributed by atoms with Crippen LogP contribution in [0.5, 0.6) is 17.2 Å². The third-order valence-corrected chi connectivity index (χ3v) is 7.00. The normalized spacial score (nSPS) is 18.1. The third kappa shape index (κ3) is 4.82. The van der Waals surface area contributed by atoms with Crippen LogP contribution in [0.1, 0.15) is 81.8 Å².